The molecule has 2 heterocycles. The molecule has 1 unspecified atom stereocenters. The maximum Gasteiger partial charge on any atom is 0.211 e. The molecule has 6 N–H and O–H groups in total. The third-order valence-electron chi connectivity index (χ3n) is 6.20. The first-order chi connectivity index (χ1) is 18.5. The average molecular weight is 505 g/mol. The molecular weight excluding hydrogens is 480 g/mol. The van der Waals surface area contributed by atoms with Crippen LogP contribution < -0.4 is 31.6 Å². The van der Waals surface area contributed by atoms with E-state index in [1.165, 1.54) is 0 Å². The molecule has 1 aliphatic rings. The lowest BCUT2D eigenvalue weighted by molar-refractivity contribution is 0.270. The average Bonchev–Trinajstić information content (AvgIpc) is 2.92. The summed E-state index contributed by atoms with van der Waals surface area (Å²) < 4.78 is 12.1. The summed E-state index contributed by atoms with van der Waals surface area (Å²) in [5.41, 5.74) is 14.8. The molecule has 0 fully saturated rings. The first kappa shape index (κ1) is 24.2. The molecule has 0 saturated carbocycles. The summed E-state index contributed by atoms with van der Waals surface area (Å²) in [6.45, 7) is 2.66. The van der Waals surface area contributed by atoms with E-state index in [9.17, 15) is 5.26 Å². The van der Waals surface area contributed by atoms with Gasteiger partial charge in [-0.3, -0.25) is 5.32 Å². The topological polar surface area (TPSA) is 167 Å². The SMILES string of the molecule is CCOc1cc(C2N=C(NC#N)Nc3nc(N)c(C#N)c(N)c32)ccc1OCc1cccc2ccccc12. The molecule has 1 aliphatic heterocycles. The molecule has 0 bridgehead atoms. The fraction of sp³-hybridized carbons (Fsp3) is 0.143. The number of nitriles is 2. The molecule has 0 radical (unpaired) electrons. The summed E-state index contributed by atoms with van der Waals surface area (Å²) in [6, 6.07) is 21.1. The number of pyridine rings is 1. The lowest BCUT2D eigenvalue weighted by Crippen LogP contribution is -2.32. The molecule has 10 heteroatoms. The van der Waals surface area contributed by atoms with E-state index in [1.54, 1.807) is 0 Å². The number of nitrogens with zero attached hydrogens (tertiary/aromatic N) is 4. The molecule has 5 rings (SSSR count). The Bertz CT molecular complexity index is 1650. The first-order valence-electron chi connectivity index (χ1n) is 11.9. The second-order valence-electron chi connectivity index (χ2n) is 8.47. The quantitative estimate of drug-likeness (QED) is 0.222. The maximum atomic E-state index is 9.57. The van der Waals surface area contributed by atoms with Crippen LogP contribution in [-0.2, 0) is 6.61 Å². The highest BCUT2D eigenvalue weighted by atomic mass is 16.5. The van der Waals surface area contributed by atoms with E-state index in [1.807, 2.05) is 61.7 Å². The lowest BCUT2D eigenvalue weighted by Gasteiger charge is -2.26. The van der Waals surface area contributed by atoms with Crippen LogP contribution in [0.1, 0.15) is 35.2 Å². The third-order valence-corrected chi connectivity index (χ3v) is 6.20. The van der Waals surface area contributed by atoms with Gasteiger partial charge in [-0.25, -0.2) is 9.98 Å². The van der Waals surface area contributed by atoms with Gasteiger partial charge in [0.1, 0.15) is 35.9 Å². The molecular formula is C28H24N8O2. The van der Waals surface area contributed by atoms with E-state index >= 15 is 0 Å². The monoisotopic (exact) mass is 504 g/mol. The Morgan fingerprint density at radius 2 is 1.84 bits per heavy atom. The van der Waals surface area contributed by atoms with Gasteiger partial charge in [-0.15, -0.1) is 0 Å². The molecule has 0 spiro atoms. The number of hydrogen-bond donors (Lipinski definition) is 4. The summed E-state index contributed by atoms with van der Waals surface area (Å²) >= 11 is 0. The smallest absolute Gasteiger partial charge is 0.211 e. The molecule has 1 atom stereocenters. The van der Waals surface area contributed by atoms with Crippen molar-refractivity contribution < 1.29 is 9.47 Å². The molecule has 38 heavy (non-hydrogen) atoms. The minimum absolute atomic E-state index is 0.0135. The number of ether oxygens (including phenoxy) is 2. The molecule has 0 saturated heterocycles. The van der Waals surface area contributed by atoms with E-state index < -0.39 is 6.04 Å². The van der Waals surface area contributed by atoms with Crippen molar-refractivity contribution in [1.82, 2.24) is 10.3 Å². The highest BCUT2D eigenvalue weighted by molar-refractivity contribution is 5.98. The number of aromatic nitrogens is 1. The van der Waals surface area contributed by atoms with E-state index in [2.05, 4.69) is 38.8 Å². The molecule has 10 nitrogen and oxygen atoms in total. The Labute approximate surface area is 219 Å². The number of nitrogen functional groups attached to an aromatic ring is 2. The van der Waals surface area contributed by atoms with E-state index in [4.69, 9.17) is 26.2 Å². The summed E-state index contributed by atoms with van der Waals surface area (Å²) in [7, 11) is 0. The largest absolute Gasteiger partial charge is 0.490 e. The summed E-state index contributed by atoms with van der Waals surface area (Å²) in [5.74, 6) is 1.57. The number of hydrogen-bond acceptors (Lipinski definition) is 10. The highest BCUT2D eigenvalue weighted by Crippen LogP contribution is 2.42. The van der Waals surface area contributed by atoms with Crippen LogP contribution in [0.25, 0.3) is 10.8 Å². The fourth-order valence-corrected chi connectivity index (χ4v) is 4.48. The van der Waals surface area contributed by atoms with Crippen molar-refractivity contribution in [2.45, 2.75) is 19.6 Å². The number of nitrogens with one attached hydrogen (secondary N) is 2. The number of guanidine groups is 1. The van der Waals surface area contributed by atoms with Gasteiger partial charge in [0.25, 0.3) is 0 Å². The molecule has 188 valence electrons. The van der Waals surface area contributed by atoms with Gasteiger partial charge in [0, 0.05) is 5.56 Å². The van der Waals surface area contributed by atoms with Crippen LogP contribution in [0.15, 0.2) is 65.7 Å². The minimum Gasteiger partial charge on any atom is -0.490 e. The van der Waals surface area contributed by atoms with Crippen molar-refractivity contribution in [2.24, 2.45) is 4.99 Å². The number of nitrogens with two attached hydrogens (primary N) is 2. The van der Waals surface area contributed by atoms with E-state index in [-0.39, 0.29) is 23.0 Å². The summed E-state index contributed by atoms with van der Waals surface area (Å²) in [6.07, 6.45) is 1.85. The number of fused-ring (bicyclic) bond motifs is 2. The highest BCUT2D eigenvalue weighted by Gasteiger charge is 2.30. The van der Waals surface area contributed by atoms with Crippen LogP contribution in [0.3, 0.4) is 0 Å². The van der Waals surface area contributed by atoms with E-state index in [0.717, 1.165) is 16.3 Å². The lowest BCUT2D eigenvalue weighted by atomic mass is 9.95. The Hall–Kier alpha value is -5.48. The van der Waals surface area contributed by atoms with Crippen molar-refractivity contribution >= 4 is 34.1 Å². The van der Waals surface area contributed by atoms with Crippen LogP contribution in [0, 0.1) is 22.8 Å². The van der Waals surface area contributed by atoms with Gasteiger partial charge in [-0.2, -0.15) is 10.5 Å². The van der Waals surface area contributed by atoms with Gasteiger partial charge in [0.2, 0.25) is 5.96 Å². The van der Waals surface area contributed by atoms with Crippen LogP contribution in [0.5, 0.6) is 11.5 Å². The zero-order chi connectivity index (χ0) is 26.6. The van der Waals surface area contributed by atoms with Gasteiger partial charge in [0.05, 0.1) is 12.3 Å². The summed E-state index contributed by atoms with van der Waals surface area (Å²) in [5, 5.41) is 26.4. The number of aliphatic imine (C=N–C) groups is 1. The van der Waals surface area contributed by atoms with E-state index in [0.29, 0.717) is 41.7 Å². The Balaban J connectivity index is 1.53. The van der Waals surface area contributed by atoms with Gasteiger partial charge >= 0.3 is 0 Å². The van der Waals surface area contributed by atoms with Crippen molar-refractivity contribution in [3.8, 4) is 23.8 Å². The van der Waals surface area contributed by atoms with Crippen LogP contribution in [0.2, 0.25) is 0 Å². The first-order valence-corrected chi connectivity index (χ1v) is 11.9. The Kier molecular flexibility index (Phi) is 6.53. The molecule has 0 aliphatic carbocycles. The van der Waals surface area contributed by atoms with Gasteiger partial charge in [-0.1, -0.05) is 48.5 Å². The maximum absolute atomic E-state index is 9.57. The standard InChI is InChI=1S/C28H24N8O2/c1-2-37-22-12-17(10-11-21(22)38-14-18-8-5-7-16-6-3-4-9-19(16)18)25-23-24(31)20(13-29)26(32)35-27(23)36-28(34-25)33-15-30/h3-12,25H,2,14H2,1H3,(H6,31,32,33,34,35,36). The normalized spacial score (nSPS) is 13.9. The third kappa shape index (κ3) is 4.43. The number of rotatable bonds is 6. The van der Waals surface area contributed by atoms with Gasteiger partial charge in [-0.05, 0) is 41.0 Å². The van der Waals surface area contributed by atoms with Gasteiger partial charge < -0.3 is 26.3 Å². The van der Waals surface area contributed by atoms with Crippen molar-refractivity contribution in [1.29, 1.82) is 10.5 Å². The van der Waals surface area contributed by atoms with Crippen molar-refractivity contribution in [3.63, 3.8) is 0 Å². The summed E-state index contributed by atoms with van der Waals surface area (Å²) in [4.78, 5) is 8.91. The minimum atomic E-state index is -0.686. The zero-order valence-electron chi connectivity index (χ0n) is 20.5. The predicted molar refractivity (Wildman–Crippen MR) is 145 cm³/mol. The number of benzene rings is 3. The van der Waals surface area contributed by atoms with Crippen LogP contribution in [-0.4, -0.2) is 17.6 Å². The Morgan fingerprint density at radius 3 is 2.63 bits per heavy atom. The molecule has 3 aromatic carbocycles. The predicted octanol–water partition coefficient (Wildman–Crippen LogP) is 4.19. The van der Waals surface area contributed by atoms with Crippen molar-refractivity contribution in [3.05, 3.63) is 82.9 Å². The number of anilines is 3. The second kappa shape index (κ2) is 10.2. The van der Waals surface area contributed by atoms with Crippen LogP contribution in [0.4, 0.5) is 17.3 Å². The second-order valence-corrected chi connectivity index (χ2v) is 8.47. The van der Waals surface area contributed by atoms with Gasteiger partial charge in [0.15, 0.2) is 17.7 Å². The molecule has 4 aromatic rings. The van der Waals surface area contributed by atoms with Crippen LogP contribution >= 0.6 is 0 Å². The zero-order valence-corrected chi connectivity index (χ0v) is 20.5. The fourth-order valence-electron chi connectivity index (χ4n) is 4.48. The van der Waals surface area contributed by atoms with Crippen molar-refractivity contribution in [2.75, 3.05) is 23.4 Å². The molecule has 0 amide bonds. The molecule has 1 aromatic heterocycles. The Morgan fingerprint density at radius 1 is 1.03 bits per heavy atom.